The number of benzene rings is 1. The molecule has 2 N–H and O–H groups in total. The number of urea groups is 1. The second-order valence-electron chi connectivity index (χ2n) is 9.08. The van der Waals surface area contributed by atoms with Crippen LogP contribution in [0.4, 0.5) is 10.5 Å². The van der Waals surface area contributed by atoms with Crippen LogP contribution in [-0.2, 0) is 12.5 Å². The number of hydrogen-bond donors (Lipinski definition) is 2. The number of likely N-dealkylation sites (tertiary alicyclic amines) is 1. The highest BCUT2D eigenvalue weighted by atomic mass is 16.5. The van der Waals surface area contributed by atoms with Gasteiger partial charge in [-0.25, -0.2) is 4.79 Å². The van der Waals surface area contributed by atoms with Crippen molar-refractivity contribution in [1.29, 1.82) is 0 Å². The minimum atomic E-state index is -0.195. The third-order valence-electron chi connectivity index (χ3n) is 7.10. The number of methoxy groups -OCH3 is 1. The van der Waals surface area contributed by atoms with Crippen LogP contribution in [0.3, 0.4) is 0 Å². The molecular formula is C23H29N5O4. The molecule has 0 aliphatic carbocycles. The Morgan fingerprint density at radius 1 is 1.31 bits per heavy atom. The zero-order valence-corrected chi connectivity index (χ0v) is 19.1. The van der Waals surface area contributed by atoms with Crippen LogP contribution in [0, 0.1) is 13.8 Å². The summed E-state index contributed by atoms with van der Waals surface area (Å²) in [4.78, 5) is 17.0. The molecule has 4 heterocycles. The molecule has 1 fully saturated rings. The molecule has 2 aliphatic heterocycles. The number of nitrogens with one attached hydrogen (secondary N) is 1. The maximum atomic E-state index is 13.0. The van der Waals surface area contributed by atoms with E-state index in [1.54, 1.807) is 14.0 Å². The molecule has 3 aromatic rings. The van der Waals surface area contributed by atoms with Crippen LogP contribution in [0.25, 0.3) is 10.9 Å². The van der Waals surface area contributed by atoms with Crippen molar-refractivity contribution in [2.45, 2.75) is 25.3 Å². The molecular weight excluding hydrogens is 410 g/mol. The lowest BCUT2D eigenvalue weighted by molar-refractivity contribution is 0.0284. The van der Waals surface area contributed by atoms with Crippen LogP contribution in [0.5, 0.6) is 5.75 Å². The van der Waals surface area contributed by atoms with Gasteiger partial charge in [0, 0.05) is 49.2 Å². The number of rotatable bonds is 3. The van der Waals surface area contributed by atoms with Crippen molar-refractivity contribution in [2.75, 3.05) is 45.7 Å². The molecule has 1 atom stereocenters. The van der Waals surface area contributed by atoms with Crippen molar-refractivity contribution >= 4 is 22.6 Å². The van der Waals surface area contributed by atoms with Crippen LogP contribution in [0.2, 0.25) is 0 Å². The van der Waals surface area contributed by atoms with Gasteiger partial charge in [-0.15, -0.1) is 0 Å². The van der Waals surface area contributed by atoms with Crippen LogP contribution in [0.1, 0.15) is 28.8 Å². The van der Waals surface area contributed by atoms with Crippen molar-refractivity contribution < 1.29 is 19.2 Å². The first-order valence-electron chi connectivity index (χ1n) is 10.8. The first-order valence-corrected chi connectivity index (χ1v) is 10.8. The van der Waals surface area contributed by atoms with Crippen molar-refractivity contribution in [3.8, 4) is 5.75 Å². The maximum absolute atomic E-state index is 13.0. The molecule has 2 amide bonds. The Kier molecular flexibility index (Phi) is 4.72. The normalized spacial score (nSPS) is 19.8. The number of amides is 2. The molecule has 0 saturated carbocycles. The summed E-state index contributed by atoms with van der Waals surface area (Å²) in [5.41, 5.74) is 4.52. The summed E-state index contributed by atoms with van der Waals surface area (Å²) in [6.45, 7) is 5.61. The second kappa shape index (κ2) is 7.25. The summed E-state index contributed by atoms with van der Waals surface area (Å²) in [5, 5.41) is 18.2. The van der Waals surface area contributed by atoms with Crippen molar-refractivity contribution in [1.82, 2.24) is 19.5 Å². The molecule has 9 heteroatoms. The molecule has 0 bridgehead atoms. The highest BCUT2D eigenvalue weighted by molar-refractivity contribution is 5.93. The molecule has 32 heavy (non-hydrogen) atoms. The summed E-state index contributed by atoms with van der Waals surface area (Å²) in [5.74, 6) is 1.40. The average Bonchev–Trinajstić information content (AvgIpc) is 3.22. The fraction of sp³-hybridized carbons (Fsp3) is 0.478. The number of ether oxygens (including phenoxy) is 1. The number of fused-ring (bicyclic) bond motifs is 4. The van der Waals surface area contributed by atoms with Gasteiger partial charge in [0.2, 0.25) is 0 Å². The van der Waals surface area contributed by atoms with Gasteiger partial charge in [-0.1, -0.05) is 5.16 Å². The van der Waals surface area contributed by atoms with E-state index < -0.39 is 0 Å². The molecule has 1 aromatic carbocycles. The second-order valence-corrected chi connectivity index (χ2v) is 9.08. The molecule has 2 aliphatic rings. The number of hydrogen-bond acceptors (Lipinski definition) is 6. The molecule has 170 valence electrons. The third-order valence-corrected chi connectivity index (χ3v) is 7.10. The topological polar surface area (TPSA) is 96.0 Å². The van der Waals surface area contributed by atoms with E-state index >= 15 is 0 Å². The van der Waals surface area contributed by atoms with Gasteiger partial charge in [0.1, 0.15) is 17.1 Å². The van der Waals surface area contributed by atoms with Gasteiger partial charge in [-0.3, -0.25) is 4.90 Å². The highest BCUT2D eigenvalue weighted by Gasteiger charge is 2.54. The lowest BCUT2D eigenvalue weighted by Crippen LogP contribution is -2.67. The van der Waals surface area contributed by atoms with Gasteiger partial charge in [0.25, 0.3) is 0 Å². The molecule has 0 radical (unpaired) electrons. The summed E-state index contributed by atoms with van der Waals surface area (Å²) in [6.07, 6.45) is 0. The predicted octanol–water partition coefficient (Wildman–Crippen LogP) is 2.56. The van der Waals surface area contributed by atoms with E-state index in [1.807, 2.05) is 38.1 Å². The number of anilines is 1. The largest absolute Gasteiger partial charge is 0.497 e. The van der Waals surface area contributed by atoms with Crippen molar-refractivity contribution in [3.05, 3.63) is 40.9 Å². The minimum absolute atomic E-state index is 0.0388. The number of aliphatic hydroxyl groups excluding tert-OH is 1. The van der Waals surface area contributed by atoms with Crippen LogP contribution in [0.15, 0.2) is 22.7 Å². The Bertz CT molecular complexity index is 1190. The van der Waals surface area contributed by atoms with E-state index in [1.165, 1.54) is 5.56 Å². The van der Waals surface area contributed by atoms with E-state index in [4.69, 9.17) is 9.26 Å². The lowest BCUT2D eigenvalue weighted by atomic mass is 9.69. The quantitative estimate of drug-likeness (QED) is 0.651. The lowest BCUT2D eigenvalue weighted by Gasteiger charge is -2.55. The molecule has 2 aromatic heterocycles. The van der Waals surface area contributed by atoms with Gasteiger partial charge in [0.15, 0.2) is 5.76 Å². The number of aryl methyl sites for hydroxylation is 3. The number of aromatic nitrogens is 2. The molecule has 1 saturated heterocycles. The summed E-state index contributed by atoms with van der Waals surface area (Å²) >= 11 is 0. The smallest absolute Gasteiger partial charge is 0.322 e. The predicted molar refractivity (Wildman–Crippen MR) is 120 cm³/mol. The van der Waals surface area contributed by atoms with Gasteiger partial charge in [0.05, 0.1) is 25.3 Å². The van der Waals surface area contributed by atoms with Crippen molar-refractivity contribution in [3.63, 3.8) is 0 Å². The maximum Gasteiger partial charge on any atom is 0.322 e. The van der Waals surface area contributed by atoms with E-state index in [0.29, 0.717) is 30.2 Å². The fourth-order valence-electron chi connectivity index (χ4n) is 5.55. The summed E-state index contributed by atoms with van der Waals surface area (Å²) in [7, 11) is 5.74. The fourth-order valence-corrected chi connectivity index (χ4v) is 5.55. The van der Waals surface area contributed by atoms with Gasteiger partial charge in [-0.2, -0.15) is 0 Å². The van der Waals surface area contributed by atoms with Crippen LogP contribution >= 0.6 is 0 Å². The van der Waals surface area contributed by atoms with Gasteiger partial charge >= 0.3 is 6.03 Å². The monoisotopic (exact) mass is 439 g/mol. The summed E-state index contributed by atoms with van der Waals surface area (Å²) < 4.78 is 12.8. The standard InChI is InChI=1S/C23H29N5O4/c1-13-20(14(2)32-25-13)24-22(30)28-11-23(12-28)10-26(3)18(9-29)21-19(23)16-7-6-15(31-5)8-17(16)27(21)4/h6-8,18,29H,9-12H2,1-5H3,(H,24,30)/t18-/m1/s1. The Balaban J connectivity index is 1.52. The van der Waals surface area contributed by atoms with E-state index in [-0.39, 0.29) is 24.1 Å². The molecule has 9 nitrogen and oxygen atoms in total. The Hall–Kier alpha value is -3.04. The Morgan fingerprint density at radius 2 is 2.06 bits per heavy atom. The Morgan fingerprint density at radius 3 is 2.69 bits per heavy atom. The third kappa shape index (κ3) is 2.84. The number of nitrogens with zero attached hydrogens (tertiary/aromatic N) is 4. The first-order chi connectivity index (χ1) is 15.3. The number of carbonyl (C=O) groups excluding carboxylic acids is 1. The summed E-state index contributed by atoms with van der Waals surface area (Å²) in [6, 6.07) is 5.87. The SMILES string of the molecule is COc1ccc2c3c(n(C)c2c1)[C@@H](CO)N(C)CC31CN(C(=O)Nc2c(C)noc2C)C1. The number of aliphatic hydroxyl groups is 1. The minimum Gasteiger partial charge on any atom is -0.497 e. The van der Waals surface area contributed by atoms with E-state index in [0.717, 1.165) is 28.9 Å². The zero-order chi connectivity index (χ0) is 22.8. The van der Waals surface area contributed by atoms with E-state index in [2.05, 4.69) is 26.0 Å². The Labute approximate surface area is 186 Å². The van der Waals surface area contributed by atoms with Gasteiger partial charge in [-0.05, 0) is 38.6 Å². The molecule has 0 unspecified atom stereocenters. The van der Waals surface area contributed by atoms with Gasteiger partial charge < -0.3 is 29.2 Å². The zero-order valence-electron chi connectivity index (χ0n) is 19.1. The van der Waals surface area contributed by atoms with E-state index in [9.17, 15) is 9.90 Å². The van der Waals surface area contributed by atoms with Crippen LogP contribution in [-0.4, -0.2) is 71.1 Å². The highest BCUT2D eigenvalue weighted by Crippen LogP contribution is 2.49. The number of carbonyl (C=O) groups is 1. The van der Waals surface area contributed by atoms with Crippen LogP contribution < -0.4 is 10.1 Å². The first kappa shape index (κ1) is 20.8. The molecule has 1 spiro atoms. The van der Waals surface area contributed by atoms with Crippen molar-refractivity contribution in [2.24, 2.45) is 7.05 Å². The number of likely N-dealkylation sites (N-methyl/N-ethyl adjacent to an activating group) is 1. The molecule has 5 rings (SSSR count). The average molecular weight is 440 g/mol.